The van der Waals surface area contributed by atoms with Crippen LogP contribution in [-0.4, -0.2) is 53.5 Å². The zero-order valence-corrected chi connectivity index (χ0v) is 14.7. The number of nitrogens with zero attached hydrogens (tertiary/aromatic N) is 2. The van der Waals surface area contributed by atoms with E-state index in [0.29, 0.717) is 25.2 Å². The molecule has 0 saturated carbocycles. The second kappa shape index (κ2) is 8.01. The molecule has 0 aliphatic carbocycles. The number of hydrogen-bond acceptors (Lipinski definition) is 4. The van der Waals surface area contributed by atoms with E-state index in [-0.39, 0.29) is 12.5 Å². The molecule has 2 aromatic carbocycles. The molecule has 26 heavy (non-hydrogen) atoms. The van der Waals surface area contributed by atoms with Crippen LogP contribution in [0.25, 0.3) is 0 Å². The van der Waals surface area contributed by atoms with Crippen molar-refractivity contribution in [2.45, 2.75) is 12.6 Å². The zero-order chi connectivity index (χ0) is 18.5. The fourth-order valence-electron chi connectivity index (χ4n) is 3.01. The van der Waals surface area contributed by atoms with Crippen LogP contribution in [0.1, 0.15) is 17.2 Å². The summed E-state index contributed by atoms with van der Waals surface area (Å²) in [5.74, 6) is 0.174. The van der Waals surface area contributed by atoms with Gasteiger partial charge in [-0.1, -0.05) is 42.5 Å². The number of hydrogen-bond donors (Lipinski definition) is 1. The SMILES string of the molecule is COc1cccc(CN2CCN(C(=O)[C@@H](O)c3ccccc3)CC2=O)c1. The lowest BCUT2D eigenvalue weighted by molar-refractivity contribution is -0.150. The molecule has 1 heterocycles. The quantitative estimate of drug-likeness (QED) is 0.885. The van der Waals surface area contributed by atoms with Gasteiger partial charge < -0.3 is 19.6 Å². The van der Waals surface area contributed by atoms with Gasteiger partial charge in [0.25, 0.3) is 5.91 Å². The van der Waals surface area contributed by atoms with Gasteiger partial charge in [-0.3, -0.25) is 9.59 Å². The van der Waals surface area contributed by atoms with Gasteiger partial charge in [-0.2, -0.15) is 0 Å². The molecule has 0 spiro atoms. The molecule has 1 aliphatic rings. The highest BCUT2D eigenvalue weighted by Gasteiger charge is 2.31. The molecule has 2 amide bonds. The van der Waals surface area contributed by atoms with E-state index in [1.165, 1.54) is 4.90 Å². The number of aliphatic hydroxyl groups is 1. The second-order valence-electron chi connectivity index (χ2n) is 6.24. The van der Waals surface area contributed by atoms with E-state index in [0.717, 1.165) is 11.3 Å². The van der Waals surface area contributed by atoms with E-state index in [1.807, 2.05) is 30.3 Å². The van der Waals surface area contributed by atoms with E-state index in [2.05, 4.69) is 0 Å². The molecule has 2 aromatic rings. The van der Waals surface area contributed by atoms with Gasteiger partial charge in [-0.05, 0) is 23.3 Å². The number of aliphatic hydroxyl groups excluding tert-OH is 1. The normalized spacial score (nSPS) is 15.7. The van der Waals surface area contributed by atoms with Crippen molar-refractivity contribution in [1.29, 1.82) is 0 Å². The molecule has 6 nitrogen and oxygen atoms in total. The average molecular weight is 354 g/mol. The van der Waals surface area contributed by atoms with Crippen LogP contribution in [0.2, 0.25) is 0 Å². The first-order chi connectivity index (χ1) is 12.6. The molecular formula is C20H22N2O4. The predicted molar refractivity (Wildman–Crippen MR) is 96.4 cm³/mol. The zero-order valence-electron chi connectivity index (χ0n) is 14.7. The molecule has 136 valence electrons. The van der Waals surface area contributed by atoms with Crippen LogP contribution in [0, 0.1) is 0 Å². The molecule has 1 aliphatic heterocycles. The third kappa shape index (κ3) is 4.03. The monoisotopic (exact) mass is 354 g/mol. The molecule has 1 fully saturated rings. The van der Waals surface area contributed by atoms with Crippen molar-refractivity contribution < 1.29 is 19.4 Å². The lowest BCUT2D eigenvalue weighted by Gasteiger charge is -2.35. The molecule has 0 bridgehead atoms. The smallest absolute Gasteiger partial charge is 0.256 e. The van der Waals surface area contributed by atoms with Gasteiger partial charge in [0.1, 0.15) is 5.75 Å². The molecule has 6 heteroatoms. The summed E-state index contributed by atoms with van der Waals surface area (Å²) in [5.41, 5.74) is 1.51. The fraction of sp³-hybridized carbons (Fsp3) is 0.300. The van der Waals surface area contributed by atoms with Gasteiger partial charge in [-0.15, -0.1) is 0 Å². The maximum Gasteiger partial charge on any atom is 0.256 e. The highest BCUT2D eigenvalue weighted by atomic mass is 16.5. The van der Waals surface area contributed by atoms with Crippen molar-refractivity contribution >= 4 is 11.8 Å². The van der Waals surface area contributed by atoms with Crippen molar-refractivity contribution in [1.82, 2.24) is 9.80 Å². The topological polar surface area (TPSA) is 70.1 Å². The number of piperazine rings is 1. The van der Waals surface area contributed by atoms with Crippen LogP contribution in [0.15, 0.2) is 54.6 Å². The van der Waals surface area contributed by atoms with Crippen molar-refractivity contribution in [2.24, 2.45) is 0 Å². The van der Waals surface area contributed by atoms with Crippen molar-refractivity contribution in [3.8, 4) is 5.75 Å². The lowest BCUT2D eigenvalue weighted by Crippen LogP contribution is -2.52. The predicted octanol–water partition coefficient (Wildman–Crippen LogP) is 1.60. The molecule has 1 atom stereocenters. The number of ether oxygens (including phenoxy) is 1. The van der Waals surface area contributed by atoms with Crippen LogP contribution in [0.3, 0.4) is 0 Å². The number of carbonyl (C=O) groups excluding carboxylic acids is 2. The molecule has 1 N–H and O–H groups in total. The third-order valence-corrected chi connectivity index (χ3v) is 4.49. The van der Waals surface area contributed by atoms with Crippen LogP contribution in [0.4, 0.5) is 0 Å². The fourth-order valence-corrected chi connectivity index (χ4v) is 3.01. The first-order valence-electron chi connectivity index (χ1n) is 8.51. The Kier molecular flexibility index (Phi) is 5.53. The Hall–Kier alpha value is -2.86. The molecule has 3 rings (SSSR count). The highest BCUT2D eigenvalue weighted by Crippen LogP contribution is 2.19. The Morgan fingerprint density at radius 2 is 1.92 bits per heavy atom. The van der Waals surface area contributed by atoms with Gasteiger partial charge >= 0.3 is 0 Å². The third-order valence-electron chi connectivity index (χ3n) is 4.49. The first-order valence-corrected chi connectivity index (χ1v) is 8.51. The maximum absolute atomic E-state index is 12.5. The first kappa shape index (κ1) is 17.9. The minimum Gasteiger partial charge on any atom is -0.497 e. The van der Waals surface area contributed by atoms with E-state index in [1.54, 1.807) is 36.3 Å². The standard InChI is InChI=1S/C20H22N2O4/c1-26-17-9-5-6-15(12-17)13-21-10-11-22(14-18(21)23)20(25)19(24)16-7-3-2-4-8-16/h2-9,12,19,24H,10-11,13-14H2,1H3/t19-/m0/s1. The number of benzene rings is 2. The Bertz CT molecular complexity index is 778. The molecule has 0 radical (unpaired) electrons. The summed E-state index contributed by atoms with van der Waals surface area (Å²) in [7, 11) is 1.60. The summed E-state index contributed by atoms with van der Waals surface area (Å²) in [4.78, 5) is 28.1. The summed E-state index contributed by atoms with van der Waals surface area (Å²) < 4.78 is 5.20. The Labute approximate surface area is 152 Å². The molecule has 0 aromatic heterocycles. The van der Waals surface area contributed by atoms with Crippen LogP contribution >= 0.6 is 0 Å². The van der Waals surface area contributed by atoms with Gasteiger partial charge in [0.15, 0.2) is 6.10 Å². The van der Waals surface area contributed by atoms with E-state index >= 15 is 0 Å². The largest absolute Gasteiger partial charge is 0.497 e. The van der Waals surface area contributed by atoms with Gasteiger partial charge in [0, 0.05) is 19.6 Å². The van der Waals surface area contributed by atoms with Crippen molar-refractivity contribution in [2.75, 3.05) is 26.7 Å². The maximum atomic E-state index is 12.5. The summed E-state index contributed by atoms with van der Waals surface area (Å²) in [6.07, 6.45) is -1.24. The van der Waals surface area contributed by atoms with Crippen molar-refractivity contribution in [3.63, 3.8) is 0 Å². The van der Waals surface area contributed by atoms with Gasteiger partial charge in [0.05, 0.1) is 13.7 Å². The van der Waals surface area contributed by atoms with Gasteiger partial charge in [0.2, 0.25) is 5.91 Å². The molecular weight excluding hydrogens is 332 g/mol. The number of methoxy groups -OCH3 is 1. The number of carbonyl (C=O) groups is 2. The molecule has 1 saturated heterocycles. The lowest BCUT2D eigenvalue weighted by atomic mass is 10.1. The second-order valence-corrected chi connectivity index (χ2v) is 6.24. The van der Waals surface area contributed by atoms with Gasteiger partial charge in [-0.25, -0.2) is 0 Å². The Morgan fingerprint density at radius 3 is 2.62 bits per heavy atom. The minimum absolute atomic E-state index is 0.0211. The van der Waals surface area contributed by atoms with Crippen molar-refractivity contribution in [3.05, 3.63) is 65.7 Å². The van der Waals surface area contributed by atoms with Crippen LogP contribution in [-0.2, 0) is 16.1 Å². The van der Waals surface area contributed by atoms with Crippen LogP contribution < -0.4 is 4.74 Å². The Morgan fingerprint density at radius 1 is 1.15 bits per heavy atom. The summed E-state index contributed by atoms with van der Waals surface area (Å²) in [6, 6.07) is 16.3. The molecule has 0 unspecified atom stereocenters. The summed E-state index contributed by atoms with van der Waals surface area (Å²) in [5, 5.41) is 10.3. The van der Waals surface area contributed by atoms with E-state index in [4.69, 9.17) is 4.74 Å². The minimum atomic E-state index is -1.24. The number of amides is 2. The summed E-state index contributed by atoms with van der Waals surface area (Å²) >= 11 is 0. The van der Waals surface area contributed by atoms with E-state index in [9.17, 15) is 14.7 Å². The van der Waals surface area contributed by atoms with Crippen LogP contribution in [0.5, 0.6) is 5.75 Å². The Balaban J connectivity index is 1.61. The average Bonchev–Trinajstić information content (AvgIpc) is 2.69. The van der Waals surface area contributed by atoms with E-state index < -0.39 is 12.0 Å². The summed E-state index contributed by atoms with van der Waals surface area (Å²) in [6.45, 7) is 1.29. The highest BCUT2D eigenvalue weighted by molar-refractivity contribution is 5.88. The number of rotatable bonds is 5.